The van der Waals surface area contributed by atoms with E-state index in [9.17, 15) is 9.59 Å². The Hall–Kier alpha value is -3.54. The molecule has 142 valence electrons. The van der Waals surface area contributed by atoms with E-state index in [1.54, 1.807) is 10.9 Å². The molecule has 0 unspecified atom stereocenters. The lowest BCUT2D eigenvalue weighted by atomic mass is 10.1. The maximum atomic E-state index is 12.9. The first-order valence-corrected chi connectivity index (χ1v) is 9.22. The zero-order chi connectivity index (χ0) is 19.3. The van der Waals surface area contributed by atoms with E-state index >= 15 is 0 Å². The molecule has 0 spiro atoms. The van der Waals surface area contributed by atoms with E-state index in [4.69, 9.17) is 4.74 Å². The highest BCUT2D eigenvalue weighted by molar-refractivity contribution is 5.95. The van der Waals surface area contributed by atoms with Crippen LogP contribution in [0.2, 0.25) is 0 Å². The lowest BCUT2D eigenvalue weighted by molar-refractivity contribution is 0.0931. The van der Waals surface area contributed by atoms with Crippen LogP contribution < -0.4 is 20.9 Å². The number of carbonyl (C=O) groups excluding carboxylic acids is 1. The average Bonchev–Trinajstić information content (AvgIpc) is 2.88. The monoisotopic (exact) mass is 375 g/mol. The van der Waals surface area contributed by atoms with E-state index in [-0.39, 0.29) is 35.4 Å². The van der Waals surface area contributed by atoms with E-state index in [0.717, 1.165) is 11.1 Å². The van der Waals surface area contributed by atoms with Crippen molar-refractivity contribution in [2.24, 2.45) is 0 Å². The molecule has 0 radical (unpaired) electrons. The van der Waals surface area contributed by atoms with Gasteiger partial charge in [0.15, 0.2) is 11.4 Å². The van der Waals surface area contributed by atoms with Gasteiger partial charge in [-0.1, -0.05) is 60.7 Å². The molecule has 1 amide bonds. The van der Waals surface area contributed by atoms with Crippen LogP contribution in [0.4, 0.5) is 0 Å². The van der Waals surface area contributed by atoms with Crippen LogP contribution in [-0.2, 0) is 13.0 Å². The summed E-state index contributed by atoms with van der Waals surface area (Å²) in [5.74, 6) is -0.275. The average molecular weight is 375 g/mol. The summed E-state index contributed by atoms with van der Waals surface area (Å²) >= 11 is 0. The molecule has 28 heavy (non-hydrogen) atoms. The second kappa shape index (κ2) is 8.00. The molecule has 2 aromatic carbocycles. The maximum absolute atomic E-state index is 12.9. The van der Waals surface area contributed by atoms with Crippen LogP contribution >= 0.6 is 0 Å². The molecule has 4 rings (SSSR count). The van der Waals surface area contributed by atoms with Crippen LogP contribution in [0.3, 0.4) is 0 Å². The van der Waals surface area contributed by atoms with Crippen LogP contribution in [-0.4, -0.2) is 23.2 Å². The Morgan fingerprint density at radius 1 is 0.929 bits per heavy atom. The van der Waals surface area contributed by atoms with Crippen LogP contribution in [0.15, 0.2) is 77.7 Å². The highest BCUT2D eigenvalue weighted by Gasteiger charge is 2.26. The first-order valence-electron chi connectivity index (χ1n) is 9.22. The second-order valence-electron chi connectivity index (χ2n) is 6.72. The SMILES string of the molecule is O=C1N[C@H](Cc2ccccc2)CNn2ccc(=O)c(OCc3ccccc3)c21. The molecule has 0 fully saturated rings. The Bertz CT molecular complexity index is 1020. The van der Waals surface area contributed by atoms with Gasteiger partial charge < -0.3 is 15.5 Å². The third-order valence-electron chi connectivity index (χ3n) is 4.66. The summed E-state index contributed by atoms with van der Waals surface area (Å²) in [5, 5.41) is 3.01. The number of ether oxygens (including phenoxy) is 1. The van der Waals surface area contributed by atoms with Gasteiger partial charge in [-0.15, -0.1) is 0 Å². The minimum Gasteiger partial charge on any atom is -0.482 e. The van der Waals surface area contributed by atoms with Gasteiger partial charge in [0, 0.05) is 12.3 Å². The lowest BCUT2D eigenvalue weighted by Gasteiger charge is -2.15. The lowest BCUT2D eigenvalue weighted by Crippen LogP contribution is -2.39. The van der Waals surface area contributed by atoms with Crippen molar-refractivity contribution in [3.63, 3.8) is 0 Å². The number of pyridine rings is 1. The van der Waals surface area contributed by atoms with E-state index in [0.29, 0.717) is 13.0 Å². The molecule has 2 N–H and O–H groups in total. The minimum absolute atomic E-state index is 0.0525. The Labute approximate surface area is 162 Å². The zero-order valence-electron chi connectivity index (χ0n) is 15.3. The normalized spacial score (nSPS) is 15.7. The number of aromatic nitrogens is 1. The molecule has 2 heterocycles. The maximum Gasteiger partial charge on any atom is 0.274 e. The minimum atomic E-state index is -0.327. The fourth-order valence-electron chi connectivity index (χ4n) is 3.27. The molecule has 3 aromatic rings. The fraction of sp³-hybridized carbons (Fsp3) is 0.182. The quantitative estimate of drug-likeness (QED) is 0.718. The Kier molecular flexibility index (Phi) is 5.10. The molecule has 1 aromatic heterocycles. The number of hydrogen-bond donors (Lipinski definition) is 2. The van der Waals surface area contributed by atoms with Crippen molar-refractivity contribution in [2.45, 2.75) is 19.1 Å². The zero-order valence-corrected chi connectivity index (χ0v) is 15.3. The molecular formula is C22H21N3O3. The van der Waals surface area contributed by atoms with E-state index < -0.39 is 0 Å². The molecule has 1 aliphatic heterocycles. The van der Waals surface area contributed by atoms with Crippen molar-refractivity contribution < 1.29 is 9.53 Å². The van der Waals surface area contributed by atoms with Gasteiger partial charge in [-0.2, -0.15) is 0 Å². The number of carbonyl (C=O) groups is 1. The number of hydrogen-bond acceptors (Lipinski definition) is 4. The molecular weight excluding hydrogens is 354 g/mol. The van der Waals surface area contributed by atoms with E-state index in [1.165, 1.54) is 6.07 Å². The van der Waals surface area contributed by atoms with Crippen molar-refractivity contribution in [3.05, 3.63) is 100.0 Å². The molecule has 0 saturated heterocycles. The first kappa shape index (κ1) is 17.9. The smallest absolute Gasteiger partial charge is 0.274 e. The second-order valence-corrected chi connectivity index (χ2v) is 6.72. The molecule has 0 saturated carbocycles. The fourth-order valence-corrected chi connectivity index (χ4v) is 3.27. The molecule has 0 aliphatic carbocycles. The predicted molar refractivity (Wildman–Crippen MR) is 107 cm³/mol. The Morgan fingerprint density at radius 3 is 2.32 bits per heavy atom. The van der Waals surface area contributed by atoms with Gasteiger partial charge in [0.05, 0.1) is 12.6 Å². The highest BCUT2D eigenvalue weighted by Crippen LogP contribution is 2.17. The summed E-state index contributed by atoms with van der Waals surface area (Å²) in [4.78, 5) is 25.3. The highest BCUT2D eigenvalue weighted by atomic mass is 16.5. The number of nitrogens with zero attached hydrogens (tertiary/aromatic N) is 1. The van der Waals surface area contributed by atoms with Crippen LogP contribution in [0.25, 0.3) is 0 Å². The van der Waals surface area contributed by atoms with Crippen molar-refractivity contribution in [3.8, 4) is 5.75 Å². The van der Waals surface area contributed by atoms with Crippen molar-refractivity contribution >= 4 is 5.91 Å². The summed E-state index contributed by atoms with van der Waals surface area (Å²) < 4.78 is 7.34. The topological polar surface area (TPSA) is 72.4 Å². The van der Waals surface area contributed by atoms with Crippen molar-refractivity contribution in [2.75, 3.05) is 12.0 Å². The molecule has 1 atom stereocenters. The van der Waals surface area contributed by atoms with Crippen LogP contribution in [0.5, 0.6) is 5.75 Å². The number of nitrogens with one attached hydrogen (secondary N) is 2. The summed E-state index contributed by atoms with van der Waals surface area (Å²) in [6.45, 7) is 0.752. The van der Waals surface area contributed by atoms with E-state index in [1.807, 2.05) is 60.7 Å². The number of benzene rings is 2. The molecule has 1 aliphatic rings. The van der Waals surface area contributed by atoms with Gasteiger partial charge in [-0.3, -0.25) is 14.3 Å². The van der Waals surface area contributed by atoms with Gasteiger partial charge in [-0.05, 0) is 17.5 Å². The number of fused-ring (bicyclic) bond motifs is 1. The molecule has 0 bridgehead atoms. The van der Waals surface area contributed by atoms with Gasteiger partial charge in [-0.25, -0.2) is 0 Å². The summed E-state index contributed by atoms with van der Waals surface area (Å²) in [6.07, 6.45) is 2.26. The van der Waals surface area contributed by atoms with Gasteiger partial charge >= 0.3 is 0 Å². The van der Waals surface area contributed by atoms with Gasteiger partial charge in [0.25, 0.3) is 5.91 Å². The van der Waals surface area contributed by atoms with E-state index in [2.05, 4.69) is 10.7 Å². The largest absolute Gasteiger partial charge is 0.482 e. The number of rotatable bonds is 5. The first-order chi connectivity index (χ1) is 13.7. The number of amides is 1. The Morgan fingerprint density at radius 2 is 1.61 bits per heavy atom. The third-order valence-corrected chi connectivity index (χ3v) is 4.66. The van der Waals surface area contributed by atoms with Crippen molar-refractivity contribution in [1.29, 1.82) is 0 Å². The summed E-state index contributed by atoms with van der Waals surface area (Å²) in [7, 11) is 0. The predicted octanol–water partition coefficient (Wildman–Crippen LogP) is 2.33. The molecule has 6 nitrogen and oxygen atoms in total. The third kappa shape index (κ3) is 3.91. The van der Waals surface area contributed by atoms with Gasteiger partial charge in [0.2, 0.25) is 5.43 Å². The standard InChI is InChI=1S/C22H21N3O3/c26-19-11-12-25-20(21(19)28-15-17-9-5-2-6-10-17)22(27)24-18(14-23-25)13-16-7-3-1-4-8-16/h1-12,18,23H,13-15H2,(H,24,27)/t18-/m1/s1. The summed E-state index contributed by atoms with van der Waals surface area (Å²) in [5.41, 5.74) is 5.14. The van der Waals surface area contributed by atoms with Crippen LogP contribution in [0, 0.1) is 0 Å². The van der Waals surface area contributed by atoms with Crippen LogP contribution in [0.1, 0.15) is 21.6 Å². The molecule has 6 heteroatoms. The summed E-state index contributed by atoms with van der Waals surface area (Å²) in [6, 6.07) is 20.8. The van der Waals surface area contributed by atoms with Crippen molar-refractivity contribution in [1.82, 2.24) is 9.99 Å². The van der Waals surface area contributed by atoms with Gasteiger partial charge in [0.1, 0.15) is 6.61 Å². The Balaban J connectivity index is 1.56.